The lowest BCUT2D eigenvalue weighted by Crippen LogP contribution is -2.55. The predicted octanol–water partition coefficient (Wildman–Crippen LogP) is 2.45. The van der Waals surface area contributed by atoms with E-state index in [-0.39, 0.29) is 23.8 Å². The maximum absolute atomic E-state index is 12.9. The molecule has 0 atom stereocenters. The second-order valence-electron chi connectivity index (χ2n) is 8.05. The predicted molar refractivity (Wildman–Crippen MR) is 116 cm³/mol. The number of esters is 2. The zero-order chi connectivity index (χ0) is 27.7. The van der Waals surface area contributed by atoms with E-state index in [1.54, 1.807) is 27.3 Å². The first-order valence-corrected chi connectivity index (χ1v) is 11.7. The van der Waals surface area contributed by atoms with Crippen molar-refractivity contribution in [2.75, 3.05) is 37.6 Å². The first-order chi connectivity index (χ1) is 17.8. The normalized spacial score (nSPS) is 17.6. The van der Waals surface area contributed by atoms with Crippen molar-refractivity contribution in [1.29, 1.82) is 0 Å². The van der Waals surface area contributed by atoms with Crippen molar-refractivity contribution in [3.8, 4) is 5.88 Å². The minimum Gasteiger partial charge on any atom is -0.401 e. The van der Waals surface area contributed by atoms with Crippen molar-refractivity contribution in [2.45, 2.75) is 24.9 Å². The molecule has 2 aliphatic heterocycles. The number of amides is 1. The number of anilines is 1. The number of piperazine rings is 1. The van der Waals surface area contributed by atoms with Crippen LogP contribution in [0.25, 0.3) is 0 Å². The molecule has 2 aromatic heterocycles. The molecule has 0 bridgehead atoms. The summed E-state index contributed by atoms with van der Waals surface area (Å²) < 4.78 is 90.6. The van der Waals surface area contributed by atoms with Gasteiger partial charge in [-0.3, -0.25) is 4.79 Å². The van der Waals surface area contributed by atoms with E-state index in [1.165, 1.54) is 23.5 Å². The number of rotatable bonds is 4. The van der Waals surface area contributed by atoms with Gasteiger partial charge in [-0.05, 0) is 23.6 Å². The molecule has 1 N–H and O–H groups in total. The van der Waals surface area contributed by atoms with Gasteiger partial charge in [0, 0.05) is 38.3 Å². The zero-order valence-corrected chi connectivity index (χ0v) is 19.9. The fourth-order valence-electron chi connectivity index (χ4n) is 3.62. The minimum absolute atomic E-state index is 0.147. The Bertz CT molecular complexity index is 1170. The SMILES string of the molecule is O=C(c1cccs1)N1CCN(c2ccc3c(n2)OC(OC(=O)C(F)(F)F)(OC(=O)C(F)(F)F)CNC3)CC1. The molecular formula is C21H18F6N4O6S. The van der Waals surface area contributed by atoms with Crippen LogP contribution in [0.4, 0.5) is 32.2 Å². The Morgan fingerprint density at radius 2 is 1.61 bits per heavy atom. The molecule has 0 radical (unpaired) electrons. The van der Waals surface area contributed by atoms with Crippen LogP contribution in [-0.2, 0) is 25.6 Å². The standard InChI is InChI=1S/C21H18F6N4O6S/c22-20(23,24)17(33)36-19(37-18(34)21(25,26)27)11-28-10-12-3-4-14(29-15(12)35-19)30-5-7-31(8-6-30)16(32)13-2-1-9-38-13/h1-4,9,28H,5-8,10-11H2. The molecule has 1 amide bonds. The Balaban J connectivity index is 1.55. The Kier molecular flexibility index (Phi) is 7.42. The number of halogens is 6. The number of thiophene rings is 1. The van der Waals surface area contributed by atoms with E-state index in [4.69, 9.17) is 4.74 Å². The minimum atomic E-state index is -5.63. The van der Waals surface area contributed by atoms with E-state index in [2.05, 4.69) is 19.8 Å². The number of nitrogens with zero attached hydrogens (tertiary/aromatic N) is 3. The maximum Gasteiger partial charge on any atom is 0.491 e. The number of hydrogen-bond donors (Lipinski definition) is 1. The highest BCUT2D eigenvalue weighted by atomic mass is 32.1. The van der Waals surface area contributed by atoms with Gasteiger partial charge in [0.15, 0.2) is 0 Å². The average Bonchev–Trinajstić information content (AvgIpc) is 3.32. The van der Waals surface area contributed by atoms with Crippen molar-refractivity contribution in [2.24, 2.45) is 0 Å². The number of carbonyl (C=O) groups excluding carboxylic acids is 3. The summed E-state index contributed by atoms with van der Waals surface area (Å²) in [5, 5.41) is 4.20. The topological polar surface area (TPSA) is 110 Å². The van der Waals surface area contributed by atoms with E-state index in [0.29, 0.717) is 31.1 Å². The van der Waals surface area contributed by atoms with Gasteiger partial charge in [0.1, 0.15) is 12.4 Å². The molecule has 1 saturated heterocycles. The number of alkyl halides is 6. The summed E-state index contributed by atoms with van der Waals surface area (Å²) in [5.41, 5.74) is 0.174. The van der Waals surface area contributed by atoms with Crippen molar-refractivity contribution in [1.82, 2.24) is 15.2 Å². The summed E-state index contributed by atoms with van der Waals surface area (Å²) in [6.07, 6.45) is -11.3. The summed E-state index contributed by atoms with van der Waals surface area (Å²) in [6, 6.07) is 6.43. The Morgan fingerprint density at radius 3 is 2.16 bits per heavy atom. The third kappa shape index (κ3) is 6.09. The molecule has 17 heteroatoms. The van der Waals surface area contributed by atoms with E-state index < -0.39 is 42.7 Å². The molecule has 1 fully saturated rings. The van der Waals surface area contributed by atoms with Gasteiger partial charge in [-0.2, -0.15) is 31.3 Å². The second-order valence-corrected chi connectivity index (χ2v) is 9.00. The van der Waals surface area contributed by atoms with Crippen LogP contribution in [0, 0.1) is 0 Å². The van der Waals surface area contributed by atoms with E-state index in [0.717, 1.165) is 0 Å². The number of pyridine rings is 1. The summed E-state index contributed by atoms with van der Waals surface area (Å²) in [6.45, 7) is -0.00819. The van der Waals surface area contributed by atoms with Gasteiger partial charge in [-0.15, -0.1) is 11.3 Å². The number of nitrogens with one attached hydrogen (secondary N) is 1. The number of carbonyl (C=O) groups is 3. The lowest BCUT2D eigenvalue weighted by atomic mass is 10.2. The number of aromatic nitrogens is 1. The highest BCUT2D eigenvalue weighted by Gasteiger charge is 2.55. The molecular weight excluding hydrogens is 550 g/mol. The molecule has 4 heterocycles. The molecule has 0 unspecified atom stereocenters. The van der Waals surface area contributed by atoms with Gasteiger partial charge in [0.2, 0.25) is 5.88 Å². The second kappa shape index (κ2) is 10.3. The number of fused-ring (bicyclic) bond motifs is 1. The monoisotopic (exact) mass is 568 g/mol. The molecule has 206 valence electrons. The van der Waals surface area contributed by atoms with Crippen LogP contribution in [0.15, 0.2) is 29.6 Å². The summed E-state index contributed by atoms with van der Waals surface area (Å²) in [7, 11) is 0. The fraction of sp³-hybridized carbons (Fsp3) is 0.429. The quantitative estimate of drug-likeness (QED) is 0.338. The summed E-state index contributed by atoms with van der Waals surface area (Å²) in [5.74, 6) is -9.80. The lowest BCUT2D eigenvalue weighted by Gasteiger charge is -2.35. The summed E-state index contributed by atoms with van der Waals surface area (Å²) in [4.78, 5) is 43.6. The average molecular weight is 568 g/mol. The Morgan fingerprint density at radius 1 is 0.974 bits per heavy atom. The smallest absolute Gasteiger partial charge is 0.401 e. The molecule has 2 aliphatic rings. The fourth-order valence-corrected chi connectivity index (χ4v) is 4.31. The summed E-state index contributed by atoms with van der Waals surface area (Å²) >= 11 is 1.30. The van der Waals surface area contributed by atoms with Gasteiger partial charge in [-0.25, -0.2) is 9.59 Å². The molecule has 0 aliphatic carbocycles. The molecule has 0 spiro atoms. The van der Waals surface area contributed by atoms with Crippen molar-refractivity contribution in [3.05, 3.63) is 40.1 Å². The van der Waals surface area contributed by atoms with Gasteiger partial charge >= 0.3 is 30.3 Å². The van der Waals surface area contributed by atoms with Crippen LogP contribution in [0.3, 0.4) is 0 Å². The van der Waals surface area contributed by atoms with Crippen molar-refractivity contribution in [3.63, 3.8) is 0 Å². The van der Waals surface area contributed by atoms with Gasteiger partial charge in [0.05, 0.1) is 4.88 Å². The molecule has 0 saturated carbocycles. The Hall–Kier alpha value is -3.60. The van der Waals surface area contributed by atoms with Gasteiger partial charge in [-0.1, -0.05) is 6.07 Å². The van der Waals surface area contributed by atoms with Gasteiger partial charge in [0.25, 0.3) is 5.91 Å². The van der Waals surface area contributed by atoms with E-state index in [9.17, 15) is 40.7 Å². The van der Waals surface area contributed by atoms with Crippen molar-refractivity contribution >= 4 is 35.0 Å². The molecule has 0 aromatic carbocycles. The van der Waals surface area contributed by atoms with Crippen LogP contribution in [0.5, 0.6) is 5.88 Å². The van der Waals surface area contributed by atoms with Crippen LogP contribution in [0.2, 0.25) is 0 Å². The largest absolute Gasteiger partial charge is 0.491 e. The highest BCUT2D eigenvalue weighted by molar-refractivity contribution is 7.12. The van der Waals surface area contributed by atoms with Crippen molar-refractivity contribution < 1.29 is 54.9 Å². The lowest BCUT2D eigenvalue weighted by molar-refractivity contribution is -0.331. The highest BCUT2D eigenvalue weighted by Crippen LogP contribution is 2.33. The molecule has 10 nitrogen and oxygen atoms in total. The van der Waals surface area contributed by atoms with Gasteiger partial charge < -0.3 is 29.3 Å². The van der Waals surface area contributed by atoms with Crippen LogP contribution >= 0.6 is 11.3 Å². The van der Waals surface area contributed by atoms with Crippen LogP contribution in [0.1, 0.15) is 15.2 Å². The third-order valence-electron chi connectivity index (χ3n) is 5.42. The molecule has 38 heavy (non-hydrogen) atoms. The number of ether oxygens (including phenoxy) is 3. The van der Waals surface area contributed by atoms with Crippen LogP contribution < -0.4 is 15.0 Å². The molecule has 4 rings (SSSR count). The van der Waals surface area contributed by atoms with Crippen LogP contribution in [-0.4, -0.2) is 78.8 Å². The van der Waals surface area contributed by atoms with E-state index >= 15 is 0 Å². The zero-order valence-electron chi connectivity index (χ0n) is 19.1. The molecule has 2 aromatic rings. The van der Waals surface area contributed by atoms with E-state index in [1.807, 2.05) is 0 Å². The number of hydrogen-bond acceptors (Lipinski definition) is 10. The first kappa shape index (κ1) is 27.4. The Labute approximate surface area is 214 Å². The third-order valence-corrected chi connectivity index (χ3v) is 6.27. The first-order valence-electron chi connectivity index (χ1n) is 10.9. The maximum atomic E-state index is 12.9.